The molecule has 2 aromatic rings. The second-order valence-electron chi connectivity index (χ2n) is 8.79. The summed E-state index contributed by atoms with van der Waals surface area (Å²) in [6.07, 6.45) is 2.89. The lowest BCUT2D eigenvalue weighted by molar-refractivity contribution is -0.406. The molecule has 2 aliphatic rings. The van der Waals surface area contributed by atoms with E-state index in [1.807, 2.05) is 6.20 Å². The van der Waals surface area contributed by atoms with Gasteiger partial charge in [0, 0.05) is 29.4 Å². The van der Waals surface area contributed by atoms with Gasteiger partial charge in [0.1, 0.15) is 11.9 Å². The van der Waals surface area contributed by atoms with Crippen molar-refractivity contribution >= 4 is 17.2 Å². The predicted octanol–water partition coefficient (Wildman–Crippen LogP) is 5.18. The number of anilines is 1. The summed E-state index contributed by atoms with van der Waals surface area (Å²) in [5.74, 6) is 1.08. The lowest BCUT2D eigenvalue weighted by Crippen LogP contribution is -2.35. The first-order valence-electron chi connectivity index (χ1n) is 9.86. The summed E-state index contributed by atoms with van der Waals surface area (Å²) >= 11 is 0. The molecule has 0 saturated carbocycles. The van der Waals surface area contributed by atoms with E-state index >= 15 is 0 Å². The summed E-state index contributed by atoms with van der Waals surface area (Å²) in [7, 11) is 4.38. The van der Waals surface area contributed by atoms with Crippen LogP contribution in [-0.2, 0) is 10.8 Å². The molecule has 0 amide bonds. The van der Waals surface area contributed by atoms with Gasteiger partial charge in [-0.05, 0) is 49.0 Å². The van der Waals surface area contributed by atoms with Crippen LogP contribution in [-0.4, -0.2) is 29.4 Å². The van der Waals surface area contributed by atoms with Gasteiger partial charge in [0.25, 0.3) is 0 Å². The van der Waals surface area contributed by atoms with Crippen LogP contribution in [0.25, 0.3) is 0 Å². The highest BCUT2D eigenvalue weighted by Gasteiger charge is 2.48. The van der Waals surface area contributed by atoms with E-state index in [1.54, 1.807) is 0 Å². The molecule has 1 aromatic carbocycles. The highest BCUT2D eigenvalue weighted by atomic mass is 15.2. The number of aromatic nitrogens is 1. The average molecular weight is 361 g/mol. The Labute approximate surface area is 163 Å². The summed E-state index contributed by atoms with van der Waals surface area (Å²) < 4.78 is 2.31. The van der Waals surface area contributed by atoms with Gasteiger partial charge in [-0.3, -0.25) is 0 Å². The molecule has 140 valence electrons. The number of fused-ring (bicyclic) bond motifs is 2. The Balaban J connectivity index is 2.00. The maximum atomic E-state index is 4.69. The SMILES string of the molecule is CCC(=C1N(C)c2ccccc2C1(C)C)C1=[N+](C)c2ncccc2C1(C)C. The quantitative estimate of drug-likeness (QED) is 0.687. The molecule has 27 heavy (non-hydrogen) atoms. The van der Waals surface area contributed by atoms with E-state index in [4.69, 9.17) is 4.98 Å². The van der Waals surface area contributed by atoms with Crippen LogP contribution in [0.4, 0.5) is 11.5 Å². The maximum Gasteiger partial charge on any atom is 0.327 e. The number of benzene rings is 1. The van der Waals surface area contributed by atoms with Gasteiger partial charge in [-0.2, -0.15) is 0 Å². The first-order valence-corrected chi connectivity index (χ1v) is 9.86. The van der Waals surface area contributed by atoms with Crippen molar-refractivity contribution < 1.29 is 4.58 Å². The molecule has 3 heteroatoms. The number of para-hydroxylation sites is 1. The van der Waals surface area contributed by atoms with Crippen molar-refractivity contribution in [3.63, 3.8) is 0 Å². The zero-order valence-corrected chi connectivity index (χ0v) is 17.6. The maximum absolute atomic E-state index is 4.69. The fourth-order valence-electron chi connectivity index (χ4n) is 5.37. The molecule has 2 aliphatic heterocycles. The van der Waals surface area contributed by atoms with Crippen LogP contribution in [0, 0.1) is 0 Å². The molecular formula is C24H30N3+. The summed E-state index contributed by atoms with van der Waals surface area (Å²) in [4.78, 5) is 7.10. The molecule has 0 radical (unpaired) electrons. The Morgan fingerprint density at radius 3 is 2.30 bits per heavy atom. The zero-order valence-electron chi connectivity index (χ0n) is 17.6. The third-order valence-corrected chi connectivity index (χ3v) is 6.50. The lowest BCUT2D eigenvalue weighted by atomic mass is 9.74. The monoisotopic (exact) mass is 360 g/mol. The van der Waals surface area contributed by atoms with Gasteiger partial charge >= 0.3 is 5.82 Å². The van der Waals surface area contributed by atoms with E-state index in [-0.39, 0.29) is 10.8 Å². The van der Waals surface area contributed by atoms with E-state index in [9.17, 15) is 0 Å². The van der Waals surface area contributed by atoms with E-state index < -0.39 is 0 Å². The van der Waals surface area contributed by atoms with Gasteiger partial charge in [0.2, 0.25) is 0 Å². The highest BCUT2D eigenvalue weighted by molar-refractivity contribution is 6.08. The molecule has 4 rings (SSSR count). The predicted molar refractivity (Wildman–Crippen MR) is 113 cm³/mol. The minimum atomic E-state index is -0.0671. The number of allylic oxidation sites excluding steroid dienone is 2. The largest absolute Gasteiger partial charge is 0.347 e. The molecule has 3 nitrogen and oxygen atoms in total. The van der Waals surface area contributed by atoms with Gasteiger partial charge in [-0.15, -0.1) is 0 Å². The standard InChI is InChI=1S/C24H30N3/c1-8-16(20-23(2,3)17-12-9-10-14-19(17)26(20)6)21-24(4,5)18-13-11-15-25-22(18)27(21)7/h9-15H,8H2,1-7H3/q+1. The highest BCUT2D eigenvalue weighted by Crippen LogP contribution is 2.50. The van der Waals surface area contributed by atoms with Gasteiger partial charge in [0.05, 0.1) is 18.0 Å². The third kappa shape index (κ3) is 2.27. The Hall–Kier alpha value is -2.42. The molecule has 0 atom stereocenters. The smallest absolute Gasteiger partial charge is 0.327 e. The lowest BCUT2D eigenvalue weighted by Gasteiger charge is -2.30. The molecule has 0 fully saturated rings. The Morgan fingerprint density at radius 2 is 1.67 bits per heavy atom. The van der Waals surface area contributed by atoms with Crippen molar-refractivity contribution in [2.45, 2.75) is 51.9 Å². The molecule has 0 aliphatic carbocycles. The van der Waals surface area contributed by atoms with Crippen molar-refractivity contribution in [2.24, 2.45) is 0 Å². The van der Waals surface area contributed by atoms with Crippen LogP contribution >= 0.6 is 0 Å². The van der Waals surface area contributed by atoms with Crippen molar-refractivity contribution in [1.82, 2.24) is 4.98 Å². The Kier molecular flexibility index (Phi) is 3.85. The van der Waals surface area contributed by atoms with Gasteiger partial charge < -0.3 is 4.90 Å². The molecule has 0 unspecified atom stereocenters. The van der Waals surface area contributed by atoms with Crippen LogP contribution in [0.3, 0.4) is 0 Å². The number of hydrogen-bond donors (Lipinski definition) is 0. The molecule has 0 spiro atoms. The molecule has 0 saturated heterocycles. The van der Waals surface area contributed by atoms with Crippen molar-refractivity contribution in [1.29, 1.82) is 0 Å². The minimum Gasteiger partial charge on any atom is -0.347 e. The van der Waals surface area contributed by atoms with Crippen molar-refractivity contribution in [2.75, 3.05) is 19.0 Å². The van der Waals surface area contributed by atoms with Crippen molar-refractivity contribution in [3.05, 3.63) is 65.0 Å². The number of likely N-dealkylation sites (N-methyl/N-ethyl adjacent to an activating group) is 1. The van der Waals surface area contributed by atoms with E-state index in [1.165, 1.54) is 33.8 Å². The second kappa shape index (κ2) is 5.79. The van der Waals surface area contributed by atoms with Gasteiger partial charge in [0.15, 0.2) is 0 Å². The molecule has 3 heterocycles. The average Bonchev–Trinajstić information content (AvgIpc) is 2.98. The molecule has 0 N–H and O–H groups in total. The van der Waals surface area contributed by atoms with E-state index in [0.717, 1.165) is 12.2 Å². The zero-order chi connectivity index (χ0) is 19.6. The van der Waals surface area contributed by atoms with E-state index in [0.29, 0.717) is 0 Å². The summed E-state index contributed by atoms with van der Waals surface area (Å²) in [6.45, 7) is 11.7. The molecule has 0 bridgehead atoms. The number of pyridine rings is 1. The van der Waals surface area contributed by atoms with Gasteiger partial charge in [-0.1, -0.05) is 39.0 Å². The minimum absolute atomic E-state index is 0.0250. The molecule has 1 aromatic heterocycles. The summed E-state index contributed by atoms with van der Waals surface area (Å²) in [6, 6.07) is 13.1. The first kappa shape index (κ1) is 18.0. The van der Waals surface area contributed by atoms with Crippen molar-refractivity contribution in [3.8, 4) is 0 Å². The van der Waals surface area contributed by atoms with Crippen LogP contribution < -0.4 is 4.90 Å². The second-order valence-corrected chi connectivity index (χ2v) is 8.79. The fraction of sp³-hybridized carbons (Fsp3) is 0.417. The number of nitrogens with zero attached hydrogens (tertiary/aromatic N) is 3. The third-order valence-electron chi connectivity index (χ3n) is 6.50. The van der Waals surface area contributed by atoms with Gasteiger partial charge in [-0.25, -0.2) is 4.58 Å². The fourth-order valence-corrected chi connectivity index (χ4v) is 5.37. The van der Waals surface area contributed by atoms with Crippen LogP contribution in [0.15, 0.2) is 53.9 Å². The molecular weight excluding hydrogens is 330 g/mol. The normalized spacial score (nSPS) is 21.4. The van der Waals surface area contributed by atoms with E-state index in [2.05, 4.69) is 94.6 Å². The van der Waals surface area contributed by atoms with Crippen LogP contribution in [0.1, 0.15) is 52.2 Å². The van der Waals surface area contributed by atoms with Crippen LogP contribution in [0.5, 0.6) is 0 Å². The summed E-state index contributed by atoms with van der Waals surface area (Å²) in [5, 5.41) is 0. The summed E-state index contributed by atoms with van der Waals surface area (Å²) in [5.41, 5.74) is 8.16. The topological polar surface area (TPSA) is 19.1 Å². The van der Waals surface area contributed by atoms with Crippen LogP contribution in [0.2, 0.25) is 0 Å². The Bertz CT molecular complexity index is 992. The number of rotatable bonds is 2. The number of hydrogen-bond acceptors (Lipinski definition) is 2. The first-order chi connectivity index (χ1) is 12.7. The Morgan fingerprint density at radius 1 is 1.00 bits per heavy atom.